The van der Waals surface area contributed by atoms with Crippen LogP contribution in [-0.4, -0.2) is 37.6 Å². The van der Waals surface area contributed by atoms with Gasteiger partial charge in [0.25, 0.3) is 0 Å². The lowest BCUT2D eigenvalue weighted by atomic mass is 10.2. The van der Waals surface area contributed by atoms with Gasteiger partial charge in [-0.25, -0.2) is 10.2 Å². The Balaban J connectivity index is 1.70. The largest absolute Gasteiger partial charge is 0.482 e. The van der Waals surface area contributed by atoms with Gasteiger partial charge in [0.15, 0.2) is 6.61 Å². The Hall–Kier alpha value is -2.32. The lowest BCUT2D eigenvalue weighted by Gasteiger charge is -2.05. The highest BCUT2D eigenvalue weighted by atomic mass is 79.9. The van der Waals surface area contributed by atoms with Crippen molar-refractivity contribution in [2.45, 2.75) is 5.75 Å². The minimum absolute atomic E-state index is 0.142. The van der Waals surface area contributed by atoms with Crippen molar-refractivity contribution in [2.24, 2.45) is 5.10 Å². The normalized spacial score (nSPS) is 10.6. The van der Waals surface area contributed by atoms with Crippen LogP contribution < -0.4 is 10.2 Å². The molecule has 0 bridgehead atoms. The van der Waals surface area contributed by atoms with Gasteiger partial charge in [0, 0.05) is 10.2 Å². The lowest BCUT2D eigenvalue weighted by Crippen LogP contribution is -2.19. The Morgan fingerprint density at radius 3 is 2.63 bits per heavy atom. The molecule has 0 unspecified atom stereocenters. The van der Waals surface area contributed by atoms with E-state index in [9.17, 15) is 9.59 Å². The van der Waals surface area contributed by atoms with Gasteiger partial charge in [-0.2, -0.15) is 5.10 Å². The molecule has 0 radical (unpaired) electrons. The zero-order valence-electron chi connectivity index (χ0n) is 14.7. The number of hydrazone groups is 1. The summed E-state index contributed by atoms with van der Waals surface area (Å²) in [6.07, 6.45) is 1.54. The van der Waals surface area contributed by atoms with E-state index >= 15 is 0 Å². The van der Waals surface area contributed by atoms with Crippen LogP contribution in [0.5, 0.6) is 5.75 Å². The number of methoxy groups -OCH3 is 1. The summed E-state index contributed by atoms with van der Waals surface area (Å²) in [4.78, 5) is 22.8. The van der Waals surface area contributed by atoms with Gasteiger partial charge in [-0.05, 0) is 41.5 Å². The monoisotopic (exact) mass is 450 g/mol. The van der Waals surface area contributed by atoms with Gasteiger partial charge in [-0.3, -0.25) is 4.79 Å². The molecule has 0 saturated heterocycles. The first-order valence-corrected chi connectivity index (χ1v) is 9.96. The van der Waals surface area contributed by atoms with Gasteiger partial charge >= 0.3 is 5.97 Å². The number of ether oxygens (including phenoxy) is 2. The molecule has 1 amide bonds. The number of rotatable bonds is 9. The van der Waals surface area contributed by atoms with Gasteiger partial charge in [0.1, 0.15) is 5.75 Å². The minimum Gasteiger partial charge on any atom is -0.482 e. The van der Waals surface area contributed by atoms with Crippen molar-refractivity contribution in [1.29, 1.82) is 0 Å². The Labute approximate surface area is 170 Å². The van der Waals surface area contributed by atoms with E-state index in [4.69, 9.17) is 4.74 Å². The van der Waals surface area contributed by atoms with E-state index in [2.05, 4.69) is 31.2 Å². The second-order valence-electron chi connectivity index (χ2n) is 5.31. The zero-order chi connectivity index (χ0) is 19.5. The molecule has 2 rings (SSSR count). The smallest absolute Gasteiger partial charge is 0.343 e. The number of benzene rings is 2. The predicted molar refractivity (Wildman–Crippen MR) is 110 cm³/mol. The second-order valence-corrected chi connectivity index (χ2v) is 7.15. The Bertz CT molecular complexity index is 797. The van der Waals surface area contributed by atoms with Crippen LogP contribution in [0.25, 0.3) is 0 Å². The van der Waals surface area contributed by atoms with Crippen molar-refractivity contribution in [3.8, 4) is 5.75 Å². The summed E-state index contributed by atoms with van der Waals surface area (Å²) in [5, 5.41) is 3.94. The van der Waals surface area contributed by atoms with Gasteiger partial charge in [0.05, 0.1) is 19.1 Å². The van der Waals surface area contributed by atoms with Gasteiger partial charge in [0.2, 0.25) is 5.91 Å². The summed E-state index contributed by atoms with van der Waals surface area (Å²) in [6.45, 7) is -0.142. The van der Waals surface area contributed by atoms with E-state index in [1.807, 2.05) is 24.3 Å². The molecule has 0 aliphatic carbocycles. The SMILES string of the molecule is COC(=O)COc1ccc(/C=N/NC(=O)CSCc2ccccc2Br)cc1. The summed E-state index contributed by atoms with van der Waals surface area (Å²) in [6, 6.07) is 14.9. The average molecular weight is 451 g/mol. The summed E-state index contributed by atoms with van der Waals surface area (Å²) in [5.41, 5.74) is 4.44. The first kappa shape index (κ1) is 21.0. The maximum atomic E-state index is 11.8. The van der Waals surface area contributed by atoms with Crippen LogP contribution in [-0.2, 0) is 20.1 Å². The quantitative estimate of drug-likeness (QED) is 0.359. The fraction of sp³-hybridized carbons (Fsp3) is 0.211. The van der Waals surface area contributed by atoms with Crippen LogP contribution in [0.2, 0.25) is 0 Å². The molecule has 0 aromatic heterocycles. The minimum atomic E-state index is -0.444. The molecule has 0 heterocycles. The van der Waals surface area contributed by atoms with Crippen molar-refractivity contribution in [2.75, 3.05) is 19.5 Å². The topological polar surface area (TPSA) is 77.0 Å². The zero-order valence-corrected chi connectivity index (χ0v) is 17.1. The van der Waals surface area contributed by atoms with Gasteiger partial charge < -0.3 is 9.47 Å². The number of thioether (sulfide) groups is 1. The Morgan fingerprint density at radius 2 is 1.93 bits per heavy atom. The number of carbonyl (C=O) groups excluding carboxylic acids is 2. The van der Waals surface area contributed by atoms with Crippen molar-refractivity contribution in [3.63, 3.8) is 0 Å². The van der Waals surface area contributed by atoms with Crippen LogP contribution in [0.3, 0.4) is 0 Å². The average Bonchev–Trinajstić information content (AvgIpc) is 2.68. The number of nitrogens with one attached hydrogen (secondary N) is 1. The van der Waals surface area contributed by atoms with Gasteiger partial charge in [-0.1, -0.05) is 34.1 Å². The molecule has 6 nitrogen and oxygen atoms in total. The number of hydrogen-bond donors (Lipinski definition) is 1. The third-order valence-electron chi connectivity index (χ3n) is 3.32. The van der Waals surface area contributed by atoms with Crippen LogP contribution in [0.1, 0.15) is 11.1 Å². The molecule has 1 N–H and O–H groups in total. The molecule has 142 valence electrons. The van der Waals surface area contributed by atoms with Crippen LogP contribution in [0, 0.1) is 0 Å². The first-order valence-electron chi connectivity index (χ1n) is 8.01. The molecule has 2 aromatic rings. The molecular weight excluding hydrogens is 432 g/mol. The number of carbonyl (C=O) groups is 2. The summed E-state index contributed by atoms with van der Waals surface area (Å²) in [5.74, 6) is 0.997. The van der Waals surface area contributed by atoms with Crippen molar-refractivity contribution >= 4 is 45.8 Å². The predicted octanol–water partition coefficient (Wildman–Crippen LogP) is 3.38. The molecule has 0 spiro atoms. The highest BCUT2D eigenvalue weighted by Gasteiger charge is 2.03. The van der Waals surface area contributed by atoms with Crippen LogP contribution in [0.4, 0.5) is 0 Å². The van der Waals surface area contributed by atoms with Crippen molar-refractivity contribution in [1.82, 2.24) is 5.43 Å². The molecule has 0 aliphatic heterocycles. The van der Waals surface area contributed by atoms with Crippen molar-refractivity contribution < 1.29 is 19.1 Å². The number of amides is 1. The van der Waals surface area contributed by atoms with Crippen molar-refractivity contribution in [3.05, 3.63) is 64.1 Å². The second kappa shape index (κ2) is 11.4. The molecule has 0 aliphatic rings. The van der Waals surface area contributed by atoms with E-state index in [1.165, 1.54) is 18.9 Å². The summed E-state index contributed by atoms with van der Waals surface area (Å²) in [7, 11) is 1.30. The molecular formula is C19H19BrN2O4S. The van der Waals surface area contributed by atoms with E-state index in [0.29, 0.717) is 11.5 Å². The number of esters is 1. The van der Waals surface area contributed by atoms with E-state index in [-0.39, 0.29) is 12.5 Å². The molecule has 0 saturated carbocycles. The Kier molecular flexibility index (Phi) is 8.86. The van der Waals surface area contributed by atoms with Gasteiger partial charge in [-0.15, -0.1) is 11.8 Å². The van der Waals surface area contributed by atoms with Crippen LogP contribution in [0.15, 0.2) is 58.1 Å². The molecule has 0 fully saturated rings. The maximum absolute atomic E-state index is 11.8. The number of nitrogens with zero attached hydrogens (tertiary/aromatic N) is 1. The van der Waals surface area contributed by atoms with E-state index in [1.54, 1.807) is 30.5 Å². The maximum Gasteiger partial charge on any atom is 0.343 e. The standard InChI is InChI=1S/C19H19BrN2O4S/c1-25-19(24)11-26-16-8-6-14(7-9-16)10-21-22-18(23)13-27-12-15-4-2-3-5-17(15)20/h2-10H,11-13H2,1H3,(H,22,23)/b21-10+. The molecule has 2 aromatic carbocycles. The van der Waals surface area contributed by atoms with E-state index in [0.717, 1.165) is 21.4 Å². The fourth-order valence-electron chi connectivity index (χ4n) is 1.93. The number of hydrogen-bond acceptors (Lipinski definition) is 6. The highest BCUT2D eigenvalue weighted by molar-refractivity contribution is 9.10. The molecule has 27 heavy (non-hydrogen) atoms. The molecule has 8 heteroatoms. The first-order chi connectivity index (χ1) is 13.1. The summed E-state index contributed by atoms with van der Waals surface area (Å²) >= 11 is 5.00. The fourth-order valence-corrected chi connectivity index (χ4v) is 3.37. The number of halogens is 1. The highest BCUT2D eigenvalue weighted by Crippen LogP contribution is 2.21. The Morgan fingerprint density at radius 1 is 1.19 bits per heavy atom. The van der Waals surface area contributed by atoms with E-state index < -0.39 is 5.97 Å². The van der Waals surface area contributed by atoms with Crippen LogP contribution >= 0.6 is 27.7 Å². The third kappa shape index (κ3) is 7.84. The lowest BCUT2D eigenvalue weighted by molar-refractivity contribution is -0.142. The third-order valence-corrected chi connectivity index (χ3v) is 5.07. The molecule has 0 atom stereocenters. The summed E-state index contributed by atoms with van der Waals surface area (Å²) < 4.78 is 10.8.